The molecule has 1 N–H and O–H groups in total. The number of likely N-dealkylation sites (tertiary alicyclic amines) is 1. The quantitative estimate of drug-likeness (QED) is 0.826. The standard InChI is InChI=1S/C20H31N7O/c1-15(2)17-14-18(27(24-17)19-21-10-7-11-22-19)23-20(28)26(4)13-9-16-8-5-6-12-25(16)3/h7,10-11,14-16H,5-6,8-9,12-13H2,1-4H3,(H,23,28). The van der Waals surface area contributed by atoms with Crippen LogP contribution in [-0.2, 0) is 0 Å². The molecule has 0 radical (unpaired) electrons. The molecule has 3 heterocycles. The first kappa shape index (κ1) is 20.3. The molecule has 0 aliphatic carbocycles. The number of nitrogens with zero attached hydrogens (tertiary/aromatic N) is 6. The smallest absolute Gasteiger partial charge is 0.322 e. The van der Waals surface area contributed by atoms with E-state index in [1.54, 1.807) is 28.0 Å². The first-order chi connectivity index (χ1) is 13.5. The Kier molecular flexibility index (Phi) is 6.61. The van der Waals surface area contributed by atoms with Gasteiger partial charge in [-0.05, 0) is 44.8 Å². The Bertz CT molecular complexity index is 774. The summed E-state index contributed by atoms with van der Waals surface area (Å²) < 4.78 is 1.59. The fourth-order valence-electron chi connectivity index (χ4n) is 3.48. The zero-order chi connectivity index (χ0) is 20.1. The minimum absolute atomic E-state index is 0.147. The number of rotatable bonds is 6. The van der Waals surface area contributed by atoms with Crippen molar-refractivity contribution in [2.75, 3.05) is 32.5 Å². The molecule has 152 valence electrons. The van der Waals surface area contributed by atoms with E-state index in [9.17, 15) is 4.79 Å². The lowest BCUT2D eigenvalue weighted by atomic mass is 10.00. The highest BCUT2D eigenvalue weighted by Crippen LogP contribution is 2.21. The van der Waals surface area contributed by atoms with Crippen molar-refractivity contribution in [2.45, 2.75) is 51.5 Å². The maximum atomic E-state index is 12.7. The molecule has 0 saturated carbocycles. The lowest BCUT2D eigenvalue weighted by molar-refractivity contribution is 0.162. The Morgan fingerprint density at radius 1 is 1.32 bits per heavy atom. The van der Waals surface area contributed by atoms with Crippen molar-refractivity contribution < 1.29 is 4.79 Å². The zero-order valence-corrected chi connectivity index (χ0v) is 17.3. The minimum Gasteiger partial charge on any atom is -0.327 e. The SMILES string of the molecule is CC(C)c1cc(NC(=O)N(C)CCC2CCCCN2C)n(-c2ncccn2)n1. The third-order valence-electron chi connectivity index (χ3n) is 5.36. The summed E-state index contributed by atoms with van der Waals surface area (Å²) in [5, 5.41) is 7.55. The summed E-state index contributed by atoms with van der Waals surface area (Å²) in [6.45, 7) is 6.00. The Balaban J connectivity index is 1.67. The summed E-state index contributed by atoms with van der Waals surface area (Å²) in [7, 11) is 4.01. The number of piperidine rings is 1. The van der Waals surface area contributed by atoms with E-state index in [1.165, 1.54) is 19.3 Å². The van der Waals surface area contributed by atoms with Crippen LogP contribution in [0.3, 0.4) is 0 Å². The number of carbonyl (C=O) groups excluding carboxylic acids is 1. The molecule has 0 spiro atoms. The number of amides is 2. The molecular weight excluding hydrogens is 354 g/mol. The predicted molar refractivity (Wildman–Crippen MR) is 110 cm³/mol. The number of hydrogen-bond donors (Lipinski definition) is 1. The van der Waals surface area contributed by atoms with Gasteiger partial charge in [-0.25, -0.2) is 14.8 Å². The van der Waals surface area contributed by atoms with Gasteiger partial charge in [0.05, 0.1) is 5.69 Å². The van der Waals surface area contributed by atoms with Crippen molar-refractivity contribution in [2.24, 2.45) is 0 Å². The number of urea groups is 1. The van der Waals surface area contributed by atoms with E-state index in [1.807, 2.05) is 13.1 Å². The van der Waals surface area contributed by atoms with E-state index in [0.29, 0.717) is 24.4 Å². The average molecular weight is 386 g/mol. The van der Waals surface area contributed by atoms with Gasteiger partial charge in [-0.15, -0.1) is 0 Å². The van der Waals surface area contributed by atoms with Gasteiger partial charge in [-0.3, -0.25) is 5.32 Å². The third kappa shape index (κ3) is 4.86. The van der Waals surface area contributed by atoms with Crippen LogP contribution in [0.25, 0.3) is 5.95 Å². The average Bonchev–Trinajstić information content (AvgIpc) is 3.12. The van der Waals surface area contributed by atoms with Crippen LogP contribution in [0.15, 0.2) is 24.5 Å². The molecule has 1 atom stereocenters. The molecule has 2 aromatic heterocycles. The van der Waals surface area contributed by atoms with Gasteiger partial charge in [-0.1, -0.05) is 20.3 Å². The molecule has 1 unspecified atom stereocenters. The van der Waals surface area contributed by atoms with E-state index in [2.05, 4.69) is 46.2 Å². The monoisotopic (exact) mass is 385 g/mol. The van der Waals surface area contributed by atoms with E-state index in [4.69, 9.17) is 0 Å². The molecule has 28 heavy (non-hydrogen) atoms. The van der Waals surface area contributed by atoms with Crippen molar-refractivity contribution in [1.82, 2.24) is 29.5 Å². The second kappa shape index (κ2) is 9.14. The minimum atomic E-state index is -0.147. The van der Waals surface area contributed by atoms with Gasteiger partial charge in [0.25, 0.3) is 5.95 Å². The topological polar surface area (TPSA) is 79.2 Å². The van der Waals surface area contributed by atoms with E-state index < -0.39 is 0 Å². The predicted octanol–water partition coefficient (Wildman–Crippen LogP) is 3.12. The van der Waals surface area contributed by atoms with Crippen LogP contribution < -0.4 is 5.32 Å². The van der Waals surface area contributed by atoms with Gasteiger partial charge >= 0.3 is 6.03 Å². The molecular formula is C20H31N7O. The van der Waals surface area contributed by atoms with E-state index in [0.717, 1.165) is 18.7 Å². The highest BCUT2D eigenvalue weighted by Gasteiger charge is 2.21. The van der Waals surface area contributed by atoms with Gasteiger partial charge in [0.2, 0.25) is 0 Å². The Hall–Kier alpha value is -2.48. The summed E-state index contributed by atoms with van der Waals surface area (Å²) in [5.41, 5.74) is 0.884. The van der Waals surface area contributed by atoms with Crippen molar-refractivity contribution in [3.63, 3.8) is 0 Å². The summed E-state index contributed by atoms with van der Waals surface area (Å²) in [5.74, 6) is 1.26. The molecule has 1 aliphatic rings. The number of aromatic nitrogens is 4. The van der Waals surface area contributed by atoms with Gasteiger partial charge in [0.15, 0.2) is 0 Å². The normalized spacial score (nSPS) is 17.7. The molecule has 1 fully saturated rings. The molecule has 2 aromatic rings. The molecule has 1 aliphatic heterocycles. The molecule has 0 aromatic carbocycles. The van der Waals surface area contributed by atoms with Gasteiger partial charge in [0, 0.05) is 38.1 Å². The summed E-state index contributed by atoms with van der Waals surface area (Å²) in [6, 6.07) is 4.05. The molecule has 0 bridgehead atoms. The summed E-state index contributed by atoms with van der Waals surface area (Å²) in [4.78, 5) is 25.4. The molecule has 2 amide bonds. The van der Waals surface area contributed by atoms with Gasteiger partial charge in [-0.2, -0.15) is 9.78 Å². The number of carbonyl (C=O) groups is 1. The van der Waals surface area contributed by atoms with Crippen LogP contribution in [0.4, 0.5) is 10.6 Å². The summed E-state index contributed by atoms with van der Waals surface area (Å²) in [6.07, 6.45) is 8.07. The molecule has 1 saturated heterocycles. The Labute approximate surface area is 167 Å². The highest BCUT2D eigenvalue weighted by molar-refractivity contribution is 5.88. The van der Waals surface area contributed by atoms with Crippen molar-refractivity contribution in [3.8, 4) is 5.95 Å². The largest absolute Gasteiger partial charge is 0.327 e. The van der Waals surface area contributed by atoms with Crippen molar-refractivity contribution in [1.29, 1.82) is 0 Å². The van der Waals surface area contributed by atoms with Gasteiger partial charge in [0.1, 0.15) is 5.82 Å². The second-order valence-electron chi connectivity index (χ2n) is 7.84. The third-order valence-corrected chi connectivity index (χ3v) is 5.36. The van der Waals surface area contributed by atoms with E-state index >= 15 is 0 Å². The Morgan fingerprint density at radius 3 is 2.75 bits per heavy atom. The Morgan fingerprint density at radius 2 is 2.07 bits per heavy atom. The first-order valence-corrected chi connectivity index (χ1v) is 10.1. The van der Waals surface area contributed by atoms with Crippen LogP contribution in [0.5, 0.6) is 0 Å². The molecule has 8 nitrogen and oxygen atoms in total. The van der Waals surface area contributed by atoms with Gasteiger partial charge < -0.3 is 9.80 Å². The maximum absolute atomic E-state index is 12.7. The number of nitrogens with one attached hydrogen (secondary N) is 1. The lowest BCUT2D eigenvalue weighted by Gasteiger charge is -2.33. The fourth-order valence-corrected chi connectivity index (χ4v) is 3.48. The second-order valence-corrected chi connectivity index (χ2v) is 7.84. The van der Waals surface area contributed by atoms with Crippen LogP contribution in [0.1, 0.15) is 51.1 Å². The highest BCUT2D eigenvalue weighted by atomic mass is 16.2. The van der Waals surface area contributed by atoms with Crippen molar-refractivity contribution in [3.05, 3.63) is 30.2 Å². The van der Waals surface area contributed by atoms with Crippen LogP contribution >= 0.6 is 0 Å². The number of anilines is 1. The zero-order valence-electron chi connectivity index (χ0n) is 17.3. The summed E-state index contributed by atoms with van der Waals surface area (Å²) >= 11 is 0. The fraction of sp³-hybridized carbons (Fsp3) is 0.600. The first-order valence-electron chi connectivity index (χ1n) is 10.1. The van der Waals surface area contributed by atoms with Crippen LogP contribution in [-0.4, -0.2) is 68.8 Å². The lowest BCUT2D eigenvalue weighted by Crippen LogP contribution is -2.40. The molecule has 8 heteroatoms. The van der Waals surface area contributed by atoms with Crippen LogP contribution in [0.2, 0.25) is 0 Å². The van der Waals surface area contributed by atoms with Crippen molar-refractivity contribution >= 4 is 11.8 Å². The van der Waals surface area contributed by atoms with Crippen LogP contribution in [0, 0.1) is 0 Å². The van der Waals surface area contributed by atoms with E-state index in [-0.39, 0.29) is 11.9 Å². The number of hydrogen-bond acceptors (Lipinski definition) is 5. The molecule has 3 rings (SSSR count). The maximum Gasteiger partial charge on any atom is 0.322 e.